The molecule has 0 heterocycles. The summed E-state index contributed by atoms with van der Waals surface area (Å²) in [6.45, 7) is 1.03. The number of rotatable bonds is 2. The standard InChI is InChI=1S/C9H8F2O2/c1-5(12)9-7(11)3-6(10)4-8(9)13-2/h3-4H,1-2H3/i2D3. The van der Waals surface area contributed by atoms with Gasteiger partial charge in [-0.1, -0.05) is 0 Å². The van der Waals surface area contributed by atoms with Crippen molar-refractivity contribution in [3.8, 4) is 5.75 Å². The molecule has 0 atom stereocenters. The highest BCUT2D eigenvalue weighted by molar-refractivity contribution is 5.97. The molecule has 0 fully saturated rings. The third-order valence-electron chi connectivity index (χ3n) is 1.48. The number of carbonyl (C=O) groups is 1. The van der Waals surface area contributed by atoms with Gasteiger partial charge in [0.25, 0.3) is 0 Å². The normalized spacial score (nSPS) is 14.2. The molecule has 0 radical (unpaired) electrons. The molecule has 0 aliphatic rings. The van der Waals surface area contributed by atoms with Crippen molar-refractivity contribution in [3.63, 3.8) is 0 Å². The number of methoxy groups -OCH3 is 1. The van der Waals surface area contributed by atoms with Gasteiger partial charge >= 0.3 is 0 Å². The molecule has 0 saturated heterocycles. The van der Waals surface area contributed by atoms with Crippen LogP contribution in [0.1, 0.15) is 21.4 Å². The lowest BCUT2D eigenvalue weighted by Gasteiger charge is -2.06. The third-order valence-corrected chi connectivity index (χ3v) is 1.48. The topological polar surface area (TPSA) is 26.3 Å². The predicted octanol–water partition coefficient (Wildman–Crippen LogP) is 2.18. The Kier molecular flexibility index (Phi) is 1.64. The van der Waals surface area contributed by atoms with E-state index in [1.165, 1.54) is 0 Å². The lowest BCUT2D eigenvalue weighted by molar-refractivity contribution is 0.101. The largest absolute Gasteiger partial charge is 0.496 e. The fraction of sp³-hybridized carbons (Fsp3) is 0.222. The third kappa shape index (κ3) is 1.83. The highest BCUT2D eigenvalue weighted by Crippen LogP contribution is 2.23. The Morgan fingerprint density at radius 2 is 2.23 bits per heavy atom. The second-order valence-corrected chi connectivity index (χ2v) is 2.42. The van der Waals surface area contributed by atoms with E-state index in [4.69, 9.17) is 4.11 Å². The average Bonchev–Trinajstić information content (AvgIpc) is 1.96. The summed E-state index contributed by atoms with van der Waals surface area (Å²) in [5, 5.41) is 0. The summed E-state index contributed by atoms with van der Waals surface area (Å²) in [6.07, 6.45) is 0. The molecular formula is C9H8F2O2. The average molecular weight is 189 g/mol. The minimum Gasteiger partial charge on any atom is -0.496 e. The Balaban J connectivity index is 3.30. The number of Topliss-reactive ketones (excluding diaryl/α,β-unsaturated/α-hetero) is 1. The van der Waals surface area contributed by atoms with Crippen molar-refractivity contribution in [2.75, 3.05) is 7.04 Å². The van der Waals surface area contributed by atoms with Crippen LogP contribution in [-0.4, -0.2) is 12.8 Å². The van der Waals surface area contributed by atoms with Gasteiger partial charge in [-0.3, -0.25) is 4.79 Å². The summed E-state index contributed by atoms with van der Waals surface area (Å²) < 4.78 is 50.8. The van der Waals surface area contributed by atoms with Crippen LogP contribution in [0.2, 0.25) is 0 Å². The quantitative estimate of drug-likeness (QED) is 0.666. The first-order chi connectivity index (χ1) is 7.20. The summed E-state index contributed by atoms with van der Waals surface area (Å²) in [6, 6.07) is 1.15. The Morgan fingerprint density at radius 3 is 2.77 bits per heavy atom. The predicted molar refractivity (Wildman–Crippen MR) is 42.9 cm³/mol. The van der Waals surface area contributed by atoms with Gasteiger partial charge in [-0.25, -0.2) is 8.78 Å². The molecule has 2 nitrogen and oxygen atoms in total. The second-order valence-electron chi connectivity index (χ2n) is 2.42. The number of ether oxygens (including phenoxy) is 1. The van der Waals surface area contributed by atoms with Crippen molar-refractivity contribution in [1.82, 2.24) is 0 Å². The molecule has 4 heteroatoms. The maximum atomic E-state index is 13.2. The first-order valence-electron chi connectivity index (χ1n) is 4.90. The lowest BCUT2D eigenvalue weighted by atomic mass is 10.1. The van der Waals surface area contributed by atoms with Crippen molar-refractivity contribution >= 4 is 5.78 Å². The van der Waals surface area contributed by atoms with Crippen LogP contribution in [-0.2, 0) is 0 Å². The van der Waals surface area contributed by atoms with Crippen molar-refractivity contribution in [2.24, 2.45) is 0 Å². The summed E-state index contributed by atoms with van der Waals surface area (Å²) in [5.74, 6) is -3.52. The molecule has 0 N–H and O–H groups in total. The van der Waals surface area contributed by atoms with Crippen LogP contribution < -0.4 is 4.74 Å². The maximum absolute atomic E-state index is 13.2. The monoisotopic (exact) mass is 189 g/mol. The molecule has 1 aromatic rings. The van der Waals surface area contributed by atoms with Gasteiger partial charge in [0, 0.05) is 12.1 Å². The van der Waals surface area contributed by atoms with E-state index in [-0.39, 0.29) is 0 Å². The van der Waals surface area contributed by atoms with Gasteiger partial charge in [-0.05, 0) is 6.92 Å². The smallest absolute Gasteiger partial charge is 0.166 e. The van der Waals surface area contributed by atoms with Crippen LogP contribution >= 0.6 is 0 Å². The Hall–Kier alpha value is -1.45. The molecule has 0 amide bonds. The molecule has 0 saturated carbocycles. The van der Waals surface area contributed by atoms with Crippen LogP contribution in [0.3, 0.4) is 0 Å². The number of ketones is 1. The molecule has 0 unspecified atom stereocenters. The summed E-state index contributed by atoms with van der Waals surface area (Å²) in [5.41, 5.74) is -0.572. The lowest BCUT2D eigenvalue weighted by Crippen LogP contribution is -2.02. The zero-order valence-electron chi connectivity index (χ0n) is 9.73. The van der Waals surface area contributed by atoms with Gasteiger partial charge in [0.05, 0.1) is 16.7 Å². The molecule has 1 aromatic carbocycles. The van der Waals surface area contributed by atoms with Crippen molar-refractivity contribution in [2.45, 2.75) is 6.92 Å². The molecule has 1 rings (SSSR count). The van der Waals surface area contributed by atoms with E-state index >= 15 is 0 Å². The van der Waals surface area contributed by atoms with Crippen molar-refractivity contribution < 1.29 is 22.4 Å². The van der Waals surface area contributed by atoms with Crippen LogP contribution in [0.5, 0.6) is 5.75 Å². The van der Waals surface area contributed by atoms with E-state index in [0.29, 0.717) is 12.1 Å². The van der Waals surface area contributed by atoms with Crippen molar-refractivity contribution in [3.05, 3.63) is 29.3 Å². The highest BCUT2D eigenvalue weighted by atomic mass is 19.1. The number of benzene rings is 1. The number of hydrogen-bond acceptors (Lipinski definition) is 2. The molecule has 0 aromatic heterocycles. The highest BCUT2D eigenvalue weighted by Gasteiger charge is 2.15. The van der Waals surface area contributed by atoms with Gasteiger partial charge in [-0.2, -0.15) is 0 Å². The van der Waals surface area contributed by atoms with E-state index < -0.39 is 35.8 Å². The van der Waals surface area contributed by atoms with Gasteiger partial charge in [-0.15, -0.1) is 0 Å². The Morgan fingerprint density at radius 1 is 1.54 bits per heavy atom. The molecule has 0 bridgehead atoms. The Labute approximate surface area is 78.3 Å². The molecule has 70 valence electrons. The van der Waals surface area contributed by atoms with Gasteiger partial charge in [0.15, 0.2) is 5.78 Å². The second kappa shape index (κ2) is 3.51. The summed E-state index contributed by atoms with van der Waals surface area (Å²) in [4.78, 5) is 11.1. The van der Waals surface area contributed by atoms with Crippen LogP contribution in [0.25, 0.3) is 0 Å². The van der Waals surface area contributed by atoms with Crippen LogP contribution in [0.4, 0.5) is 8.78 Å². The zero-order chi connectivity index (χ0) is 12.5. The SMILES string of the molecule is [2H]C([2H])([2H])Oc1cc(F)cc(F)c1C(C)=O. The number of hydrogen-bond donors (Lipinski definition) is 0. The van der Waals surface area contributed by atoms with Crippen LogP contribution in [0, 0.1) is 11.6 Å². The Bertz CT molecular complexity index is 429. The van der Waals surface area contributed by atoms with Crippen molar-refractivity contribution in [1.29, 1.82) is 0 Å². The molecular weight excluding hydrogens is 178 g/mol. The zero-order valence-corrected chi connectivity index (χ0v) is 6.73. The fourth-order valence-electron chi connectivity index (χ4n) is 0.972. The molecule has 0 aliphatic heterocycles. The van der Waals surface area contributed by atoms with E-state index in [0.717, 1.165) is 6.92 Å². The molecule has 0 aliphatic carbocycles. The summed E-state index contributed by atoms with van der Waals surface area (Å²) in [7, 11) is -2.87. The minimum absolute atomic E-state index is 0.489. The van der Waals surface area contributed by atoms with E-state index in [1.807, 2.05) is 0 Å². The first kappa shape index (κ1) is 6.07. The molecule has 0 spiro atoms. The first-order valence-corrected chi connectivity index (χ1v) is 3.40. The maximum Gasteiger partial charge on any atom is 0.166 e. The van der Waals surface area contributed by atoms with E-state index in [1.54, 1.807) is 0 Å². The minimum atomic E-state index is -2.87. The number of carbonyl (C=O) groups excluding carboxylic acids is 1. The number of halogens is 2. The van der Waals surface area contributed by atoms with E-state index in [9.17, 15) is 13.6 Å². The fourth-order valence-corrected chi connectivity index (χ4v) is 0.972. The summed E-state index contributed by atoms with van der Waals surface area (Å²) >= 11 is 0. The molecule has 13 heavy (non-hydrogen) atoms. The van der Waals surface area contributed by atoms with Gasteiger partial charge in [0.2, 0.25) is 0 Å². The van der Waals surface area contributed by atoms with Crippen LogP contribution in [0.15, 0.2) is 12.1 Å². The van der Waals surface area contributed by atoms with Gasteiger partial charge < -0.3 is 4.74 Å². The van der Waals surface area contributed by atoms with Gasteiger partial charge in [0.1, 0.15) is 17.4 Å². The van der Waals surface area contributed by atoms with E-state index in [2.05, 4.69) is 4.74 Å².